The number of guanidine groups is 1. The Morgan fingerprint density at radius 3 is 2.61 bits per heavy atom. The van der Waals surface area contributed by atoms with Crippen molar-refractivity contribution in [2.45, 2.75) is 46.6 Å². The topological polar surface area (TPSA) is 96.6 Å². The van der Waals surface area contributed by atoms with Crippen molar-refractivity contribution in [1.29, 1.82) is 0 Å². The average molecular weight is 344 g/mol. The number of aliphatic imine (C=N–C) groups is 1. The Bertz CT molecular complexity index is 603. The van der Waals surface area contributed by atoms with E-state index in [0.717, 1.165) is 30.0 Å². The van der Waals surface area contributed by atoms with Crippen LogP contribution in [0.25, 0.3) is 0 Å². The first-order valence-electron chi connectivity index (χ1n) is 7.87. The smallest absolute Gasteiger partial charge is 0.191 e. The van der Waals surface area contributed by atoms with E-state index in [2.05, 4.69) is 20.8 Å². The Morgan fingerprint density at radius 1 is 1.39 bits per heavy atom. The third-order valence-electron chi connectivity index (χ3n) is 3.46. The van der Waals surface area contributed by atoms with Gasteiger partial charge < -0.3 is 15.2 Å². The van der Waals surface area contributed by atoms with Crippen LogP contribution in [0.2, 0.25) is 0 Å². The van der Waals surface area contributed by atoms with Crippen molar-refractivity contribution in [3.8, 4) is 0 Å². The molecule has 0 saturated carbocycles. The van der Waals surface area contributed by atoms with E-state index in [0.29, 0.717) is 18.9 Å². The van der Waals surface area contributed by atoms with Gasteiger partial charge in [-0.25, -0.2) is 8.42 Å². The lowest BCUT2D eigenvalue weighted by atomic mass is 10.1. The van der Waals surface area contributed by atoms with E-state index < -0.39 is 9.84 Å². The van der Waals surface area contributed by atoms with Crippen LogP contribution in [0, 0.1) is 13.8 Å². The molecule has 8 heteroatoms. The number of aryl methyl sites for hydroxylation is 2. The molecule has 23 heavy (non-hydrogen) atoms. The number of nitrogens with one attached hydrogen (secondary N) is 2. The normalized spacial score (nSPS) is 13.9. The predicted octanol–water partition coefficient (Wildman–Crippen LogP) is 1.21. The van der Waals surface area contributed by atoms with Gasteiger partial charge in [0.1, 0.15) is 15.6 Å². The summed E-state index contributed by atoms with van der Waals surface area (Å²) in [6, 6.07) is 0.0292. The quantitative estimate of drug-likeness (QED) is 0.543. The SMILES string of the molecule is CCNC(=NCCc1c(C)noc1C)NC(C)CCS(C)(=O)=O. The lowest BCUT2D eigenvalue weighted by Gasteiger charge is -2.17. The molecule has 1 aromatic heterocycles. The molecule has 1 rings (SSSR count). The summed E-state index contributed by atoms with van der Waals surface area (Å²) in [5.41, 5.74) is 1.99. The molecule has 0 aliphatic rings. The summed E-state index contributed by atoms with van der Waals surface area (Å²) in [5.74, 6) is 1.69. The second-order valence-corrected chi connectivity index (χ2v) is 8.04. The zero-order valence-corrected chi connectivity index (χ0v) is 15.5. The van der Waals surface area contributed by atoms with Gasteiger partial charge in [0.15, 0.2) is 5.96 Å². The van der Waals surface area contributed by atoms with Gasteiger partial charge >= 0.3 is 0 Å². The number of nitrogens with zero attached hydrogens (tertiary/aromatic N) is 2. The number of rotatable bonds is 8. The van der Waals surface area contributed by atoms with Crippen LogP contribution < -0.4 is 10.6 Å². The molecule has 2 N–H and O–H groups in total. The second-order valence-electron chi connectivity index (χ2n) is 5.78. The minimum Gasteiger partial charge on any atom is -0.361 e. The third-order valence-corrected chi connectivity index (χ3v) is 4.44. The molecular formula is C15H28N4O3S. The molecule has 132 valence electrons. The molecule has 0 radical (unpaired) electrons. The largest absolute Gasteiger partial charge is 0.361 e. The molecule has 1 atom stereocenters. The maximum atomic E-state index is 11.2. The molecule has 0 fully saturated rings. The van der Waals surface area contributed by atoms with Crippen LogP contribution in [-0.2, 0) is 16.3 Å². The Hall–Kier alpha value is -1.57. The zero-order chi connectivity index (χ0) is 17.5. The maximum absolute atomic E-state index is 11.2. The van der Waals surface area contributed by atoms with Gasteiger partial charge in [0, 0.05) is 31.0 Å². The fourth-order valence-electron chi connectivity index (χ4n) is 2.15. The lowest BCUT2D eigenvalue weighted by Crippen LogP contribution is -2.43. The van der Waals surface area contributed by atoms with Crippen LogP contribution in [0.1, 0.15) is 37.3 Å². The van der Waals surface area contributed by atoms with Crippen molar-refractivity contribution in [3.05, 3.63) is 17.0 Å². The zero-order valence-electron chi connectivity index (χ0n) is 14.6. The van der Waals surface area contributed by atoms with Crippen molar-refractivity contribution in [2.24, 2.45) is 4.99 Å². The molecule has 1 aromatic rings. The molecule has 0 bridgehead atoms. The van der Waals surface area contributed by atoms with Gasteiger partial charge in [-0.15, -0.1) is 0 Å². The maximum Gasteiger partial charge on any atom is 0.191 e. The Balaban J connectivity index is 2.56. The summed E-state index contributed by atoms with van der Waals surface area (Å²) >= 11 is 0. The minimum atomic E-state index is -2.94. The molecular weight excluding hydrogens is 316 g/mol. The van der Waals surface area contributed by atoms with Gasteiger partial charge in [-0.2, -0.15) is 0 Å². The van der Waals surface area contributed by atoms with E-state index in [9.17, 15) is 8.42 Å². The highest BCUT2D eigenvalue weighted by Gasteiger charge is 2.10. The number of sulfone groups is 1. The van der Waals surface area contributed by atoms with Crippen LogP contribution in [0.4, 0.5) is 0 Å². The number of aromatic nitrogens is 1. The van der Waals surface area contributed by atoms with Crippen LogP contribution in [0.15, 0.2) is 9.52 Å². The molecule has 0 aromatic carbocycles. The van der Waals surface area contributed by atoms with Crippen molar-refractivity contribution in [3.63, 3.8) is 0 Å². The van der Waals surface area contributed by atoms with Crippen LogP contribution in [0.5, 0.6) is 0 Å². The summed E-state index contributed by atoms with van der Waals surface area (Å²) in [6.45, 7) is 9.12. The third kappa shape index (κ3) is 7.49. The fourth-order valence-corrected chi connectivity index (χ4v) is 2.94. The molecule has 0 aliphatic heterocycles. The second kappa shape index (κ2) is 8.90. The van der Waals surface area contributed by atoms with Crippen molar-refractivity contribution in [1.82, 2.24) is 15.8 Å². The summed E-state index contributed by atoms with van der Waals surface area (Å²) < 4.78 is 27.6. The Morgan fingerprint density at radius 2 is 2.09 bits per heavy atom. The average Bonchev–Trinajstić information content (AvgIpc) is 2.76. The van der Waals surface area contributed by atoms with Gasteiger partial charge in [0.25, 0.3) is 0 Å². The first-order chi connectivity index (χ1) is 10.7. The standard InChI is InChI=1S/C15H28N4O3S/c1-6-16-15(18-11(2)8-10-23(5,20)21)17-9-7-14-12(3)19-22-13(14)4/h11H,6-10H2,1-5H3,(H2,16,17,18). The van der Waals surface area contributed by atoms with Gasteiger partial charge in [-0.1, -0.05) is 5.16 Å². The molecule has 0 amide bonds. The molecule has 0 saturated heterocycles. The van der Waals surface area contributed by atoms with Gasteiger partial charge in [0.05, 0.1) is 11.4 Å². The molecule has 0 aliphatic carbocycles. The summed E-state index contributed by atoms with van der Waals surface area (Å²) in [7, 11) is -2.94. The Kier molecular flexibility index (Phi) is 7.54. The number of hydrogen-bond donors (Lipinski definition) is 2. The summed E-state index contributed by atoms with van der Waals surface area (Å²) in [5, 5.41) is 10.3. The van der Waals surface area contributed by atoms with E-state index in [1.807, 2.05) is 27.7 Å². The molecule has 1 heterocycles. The predicted molar refractivity (Wildman–Crippen MR) is 92.6 cm³/mol. The first kappa shape index (κ1) is 19.5. The lowest BCUT2D eigenvalue weighted by molar-refractivity contribution is 0.392. The monoisotopic (exact) mass is 344 g/mol. The van der Waals surface area contributed by atoms with E-state index in [1.165, 1.54) is 6.26 Å². The van der Waals surface area contributed by atoms with Crippen LogP contribution in [-0.4, -0.2) is 50.7 Å². The van der Waals surface area contributed by atoms with Crippen LogP contribution in [0.3, 0.4) is 0 Å². The van der Waals surface area contributed by atoms with Crippen LogP contribution >= 0.6 is 0 Å². The summed E-state index contributed by atoms with van der Waals surface area (Å²) in [4.78, 5) is 4.53. The van der Waals surface area contributed by atoms with E-state index in [1.54, 1.807) is 0 Å². The van der Waals surface area contributed by atoms with E-state index >= 15 is 0 Å². The highest BCUT2D eigenvalue weighted by molar-refractivity contribution is 7.90. The van der Waals surface area contributed by atoms with Gasteiger partial charge in [-0.3, -0.25) is 4.99 Å². The van der Waals surface area contributed by atoms with Crippen molar-refractivity contribution in [2.75, 3.05) is 25.1 Å². The van der Waals surface area contributed by atoms with Crippen molar-refractivity contribution < 1.29 is 12.9 Å². The summed E-state index contributed by atoms with van der Waals surface area (Å²) in [6.07, 6.45) is 2.56. The highest BCUT2D eigenvalue weighted by atomic mass is 32.2. The molecule has 0 spiro atoms. The molecule has 7 nitrogen and oxygen atoms in total. The fraction of sp³-hybridized carbons (Fsp3) is 0.733. The van der Waals surface area contributed by atoms with Gasteiger partial charge in [-0.05, 0) is 40.5 Å². The Labute approximate surface area is 138 Å². The van der Waals surface area contributed by atoms with E-state index in [4.69, 9.17) is 4.52 Å². The highest BCUT2D eigenvalue weighted by Crippen LogP contribution is 2.12. The minimum absolute atomic E-state index is 0.0292. The number of hydrogen-bond acceptors (Lipinski definition) is 5. The molecule has 1 unspecified atom stereocenters. The van der Waals surface area contributed by atoms with E-state index in [-0.39, 0.29) is 11.8 Å². The van der Waals surface area contributed by atoms with Gasteiger partial charge in [0.2, 0.25) is 0 Å². The van der Waals surface area contributed by atoms with Crippen molar-refractivity contribution >= 4 is 15.8 Å². The first-order valence-corrected chi connectivity index (χ1v) is 9.93.